The van der Waals surface area contributed by atoms with Crippen molar-refractivity contribution >= 4 is 22.6 Å². The Morgan fingerprint density at radius 3 is 2.61 bits per heavy atom. The van der Waals surface area contributed by atoms with Crippen molar-refractivity contribution in [2.45, 2.75) is 50.7 Å². The van der Waals surface area contributed by atoms with Crippen molar-refractivity contribution in [1.82, 2.24) is 29.1 Å². The number of piperidine rings is 2. The van der Waals surface area contributed by atoms with Crippen molar-refractivity contribution in [3.05, 3.63) is 47.1 Å². The second-order valence-corrected chi connectivity index (χ2v) is 11.5. The van der Waals surface area contributed by atoms with Gasteiger partial charge in [-0.05, 0) is 82.3 Å². The predicted octanol–water partition coefficient (Wildman–Crippen LogP) is 2.10. The molecular formula is C28H37N7O3. The summed E-state index contributed by atoms with van der Waals surface area (Å²) in [5.41, 5.74) is 1.13. The third kappa shape index (κ3) is 5.19. The molecule has 0 radical (unpaired) electrons. The van der Waals surface area contributed by atoms with Crippen LogP contribution in [0.4, 0.5) is 5.69 Å². The molecule has 1 atom stereocenters. The maximum Gasteiger partial charge on any atom is 0.264 e. The Morgan fingerprint density at radius 1 is 1.13 bits per heavy atom. The fourth-order valence-electron chi connectivity index (χ4n) is 5.88. The van der Waals surface area contributed by atoms with E-state index in [9.17, 15) is 14.7 Å². The number of amides is 1. The van der Waals surface area contributed by atoms with Crippen LogP contribution in [0.3, 0.4) is 0 Å². The van der Waals surface area contributed by atoms with Gasteiger partial charge >= 0.3 is 0 Å². The van der Waals surface area contributed by atoms with Gasteiger partial charge in [-0.3, -0.25) is 14.2 Å². The van der Waals surface area contributed by atoms with Crippen molar-refractivity contribution in [2.24, 2.45) is 11.8 Å². The molecular weight excluding hydrogens is 482 g/mol. The first kappa shape index (κ1) is 25.1. The standard InChI is InChI=1S/C28H37N7O3/c1-32-12-2-3-20(17-32)15-29-22-6-8-23(9-7-22)35-25-24(16-31-35)27(37)34(19-30-25)18-28(38)10-13-33(14-11-28)26(36)21-4-5-21/h6-9,16,19-21,29,38H,2-5,10-15,17-18H2,1H3. The van der Waals surface area contributed by atoms with Gasteiger partial charge in [0.15, 0.2) is 5.65 Å². The molecule has 3 aromatic rings. The Kier molecular flexibility index (Phi) is 6.69. The van der Waals surface area contributed by atoms with Gasteiger partial charge in [0.1, 0.15) is 11.7 Å². The number of carbonyl (C=O) groups is 1. The number of nitrogens with zero attached hydrogens (tertiary/aromatic N) is 6. The molecule has 2 aromatic heterocycles. The largest absolute Gasteiger partial charge is 0.388 e. The van der Waals surface area contributed by atoms with Gasteiger partial charge in [0.2, 0.25) is 5.91 Å². The van der Waals surface area contributed by atoms with E-state index in [0.29, 0.717) is 42.9 Å². The summed E-state index contributed by atoms with van der Waals surface area (Å²) in [6.07, 6.45) is 8.42. The van der Waals surface area contributed by atoms with Gasteiger partial charge < -0.3 is 20.2 Å². The van der Waals surface area contributed by atoms with E-state index in [1.54, 1.807) is 10.9 Å². The second-order valence-electron chi connectivity index (χ2n) is 11.5. The number of likely N-dealkylation sites (tertiary alicyclic amines) is 2. The van der Waals surface area contributed by atoms with Gasteiger partial charge in [-0.1, -0.05) is 0 Å². The van der Waals surface area contributed by atoms with Crippen LogP contribution in [0.5, 0.6) is 0 Å². The molecule has 2 saturated heterocycles. The lowest BCUT2D eigenvalue weighted by Crippen LogP contribution is -2.50. The number of carbonyl (C=O) groups excluding carboxylic acids is 1. The number of hydrogen-bond acceptors (Lipinski definition) is 7. The first-order valence-electron chi connectivity index (χ1n) is 13.9. The molecule has 3 aliphatic rings. The molecule has 2 N–H and O–H groups in total. The lowest BCUT2D eigenvalue weighted by molar-refractivity contribution is -0.137. The number of rotatable bonds is 7. The highest BCUT2D eigenvalue weighted by Crippen LogP contribution is 2.33. The maximum atomic E-state index is 13.3. The van der Waals surface area contributed by atoms with Gasteiger partial charge in [0.25, 0.3) is 5.56 Å². The lowest BCUT2D eigenvalue weighted by atomic mass is 9.91. The molecule has 10 nitrogen and oxygen atoms in total. The summed E-state index contributed by atoms with van der Waals surface area (Å²) >= 11 is 0. The van der Waals surface area contributed by atoms with Crippen LogP contribution in [0.2, 0.25) is 0 Å². The van der Waals surface area contributed by atoms with Crippen LogP contribution in [0, 0.1) is 11.8 Å². The molecule has 0 spiro atoms. The zero-order chi connectivity index (χ0) is 26.3. The zero-order valence-corrected chi connectivity index (χ0v) is 22.1. The Hall–Kier alpha value is -3.24. The normalized spacial score (nSPS) is 22.1. The van der Waals surface area contributed by atoms with E-state index in [1.165, 1.54) is 30.3 Å². The fourth-order valence-corrected chi connectivity index (χ4v) is 5.88. The summed E-state index contributed by atoms with van der Waals surface area (Å²) in [5, 5.41) is 19.6. The highest BCUT2D eigenvalue weighted by atomic mass is 16.3. The van der Waals surface area contributed by atoms with Crippen LogP contribution >= 0.6 is 0 Å². The summed E-state index contributed by atoms with van der Waals surface area (Å²) in [5.74, 6) is 1.05. The number of aromatic nitrogens is 4. The Morgan fingerprint density at radius 2 is 1.89 bits per heavy atom. The molecule has 1 amide bonds. The average molecular weight is 520 g/mol. The third-order valence-electron chi connectivity index (χ3n) is 8.38. The number of aliphatic hydroxyl groups is 1. The van der Waals surface area contributed by atoms with E-state index in [4.69, 9.17) is 0 Å². The molecule has 1 aliphatic carbocycles. The summed E-state index contributed by atoms with van der Waals surface area (Å²) in [6, 6.07) is 8.03. The molecule has 10 heteroatoms. The fraction of sp³-hybridized carbons (Fsp3) is 0.571. The van der Waals surface area contributed by atoms with Crippen molar-refractivity contribution in [2.75, 3.05) is 45.1 Å². The quantitative estimate of drug-likeness (QED) is 0.492. The van der Waals surface area contributed by atoms with Gasteiger partial charge in [0.05, 0.1) is 24.0 Å². The van der Waals surface area contributed by atoms with Gasteiger partial charge in [-0.25, -0.2) is 9.67 Å². The minimum absolute atomic E-state index is 0.155. The molecule has 1 aromatic carbocycles. The van der Waals surface area contributed by atoms with Crippen LogP contribution < -0.4 is 10.9 Å². The summed E-state index contributed by atoms with van der Waals surface area (Å²) in [7, 11) is 2.18. The van der Waals surface area contributed by atoms with Crippen LogP contribution in [0.15, 0.2) is 41.6 Å². The average Bonchev–Trinajstić information content (AvgIpc) is 3.68. The molecule has 38 heavy (non-hydrogen) atoms. The summed E-state index contributed by atoms with van der Waals surface area (Å²) < 4.78 is 3.15. The topological polar surface area (TPSA) is 109 Å². The van der Waals surface area contributed by atoms with Gasteiger partial charge in [-0.2, -0.15) is 5.10 Å². The van der Waals surface area contributed by atoms with Crippen molar-refractivity contribution in [3.8, 4) is 5.69 Å². The number of fused-ring (bicyclic) bond motifs is 1. The second kappa shape index (κ2) is 10.1. The minimum Gasteiger partial charge on any atom is -0.388 e. The SMILES string of the molecule is CN1CCCC(CNc2ccc(-n3ncc4c(=O)n(CC5(O)CCN(C(=O)C6CC6)CC5)cnc43)cc2)C1. The number of nitrogens with one attached hydrogen (secondary N) is 1. The first-order valence-corrected chi connectivity index (χ1v) is 13.9. The molecule has 0 bridgehead atoms. The molecule has 6 rings (SSSR count). The molecule has 3 fully saturated rings. The van der Waals surface area contributed by atoms with E-state index in [2.05, 4.69) is 27.3 Å². The van der Waals surface area contributed by atoms with Crippen molar-refractivity contribution in [3.63, 3.8) is 0 Å². The van der Waals surface area contributed by atoms with Gasteiger partial charge in [-0.15, -0.1) is 0 Å². The Balaban J connectivity index is 1.12. The van der Waals surface area contributed by atoms with Crippen LogP contribution in [-0.2, 0) is 11.3 Å². The highest BCUT2D eigenvalue weighted by molar-refractivity contribution is 5.81. The third-order valence-corrected chi connectivity index (χ3v) is 8.38. The van der Waals surface area contributed by atoms with Crippen molar-refractivity contribution in [1.29, 1.82) is 0 Å². The zero-order valence-electron chi connectivity index (χ0n) is 22.1. The number of anilines is 1. The first-order chi connectivity index (χ1) is 18.4. The molecule has 202 valence electrons. The van der Waals surface area contributed by atoms with E-state index >= 15 is 0 Å². The molecule has 1 unspecified atom stereocenters. The highest BCUT2D eigenvalue weighted by Gasteiger charge is 2.39. The number of hydrogen-bond donors (Lipinski definition) is 2. The van der Waals surface area contributed by atoms with Crippen molar-refractivity contribution < 1.29 is 9.90 Å². The van der Waals surface area contributed by atoms with E-state index < -0.39 is 5.60 Å². The smallest absolute Gasteiger partial charge is 0.264 e. The Labute approximate surface area is 222 Å². The lowest BCUT2D eigenvalue weighted by Gasteiger charge is -2.38. The molecule has 1 saturated carbocycles. The predicted molar refractivity (Wildman–Crippen MR) is 145 cm³/mol. The van der Waals surface area contributed by atoms with Crippen LogP contribution in [-0.4, -0.2) is 85.5 Å². The summed E-state index contributed by atoms with van der Waals surface area (Å²) in [6.45, 7) is 4.47. The van der Waals surface area contributed by atoms with E-state index in [-0.39, 0.29) is 23.9 Å². The summed E-state index contributed by atoms with van der Waals surface area (Å²) in [4.78, 5) is 34.4. The Bertz CT molecular complexity index is 1350. The molecule has 2 aliphatic heterocycles. The van der Waals surface area contributed by atoms with E-state index in [0.717, 1.165) is 37.3 Å². The molecule has 4 heterocycles. The number of benzene rings is 1. The maximum absolute atomic E-state index is 13.3. The van der Waals surface area contributed by atoms with Gasteiger partial charge in [0, 0.05) is 37.8 Å². The van der Waals surface area contributed by atoms with Crippen LogP contribution in [0.1, 0.15) is 38.5 Å². The van der Waals surface area contributed by atoms with E-state index in [1.807, 2.05) is 29.2 Å². The monoisotopic (exact) mass is 519 g/mol. The van der Waals surface area contributed by atoms with Crippen LogP contribution in [0.25, 0.3) is 16.7 Å². The minimum atomic E-state index is -1.04.